The van der Waals surface area contributed by atoms with Crippen LogP contribution >= 0.6 is 0 Å². The summed E-state index contributed by atoms with van der Waals surface area (Å²) in [6, 6.07) is 9.56. The van der Waals surface area contributed by atoms with Gasteiger partial charge in [0.2, 0.25) is 0 Å². The van der Waals surface area contributed by atoms with Gasteiger partial charge in [0.25, 0.3) is 5.91 Å². The van der Waals surface area contributed by atoms with E-state index in [4.69, 9.17) is 4.74 Å². The molecule has 1 rings (SSSR count). The molecule has 0 saturated carbocycles. The Morgan fingerprint density at radius 1 is 1.29 bits per heavy atom. The van der Waals surface area contributed by atoms with Crippen molar-refractivity contribution in [3.05, 3.63) is 35.9 Å². The second-order valence-electron chi connectivity index (χ2n) is 3.69. The van der Waals surface area contributed by atoms with Crippen molar-refractivity contribution in [1.82, 2.24) is 5.32 Å². The number of hydrogen-bond acceptors (Lipinski definition) is 3. The number of ether oxygens (including phenoxy) is 1. The number of carbonyl (C=O) groups excluding carboxylic acids is 2. The van der Waals surface area contributed by atoms with Gasteiger partial charge in [0.05, 0.1) is 0 Å². The lowest BCUT2D eigenvalue weighted by atomic mass is 10.2. The Morgan fingerprint density at radius 3 is 2.53 bits per heavy atom. The van der Waals surface area contributed by atoms with Crippen molar-refractivity contribution in [1.29, 1.82) is 0 Å². The maximum atomic E-state index is 11.6. The maximum absolute atomic E-state index is 11.6. The minimum Gasteiger partial charge on any atom is -0.453 e. The summed E-state index contributed by atoms with van der Waals surface area (Å²) in [5.74, 6) is -0.650. The van der Waals surface area contributed by atoms with Crippen molar-refractivity contribution in [3.63, 3.8) is 0 Å². The van der Waals surface area contributed by atoms with Gasteiger partial charge in [-0.3, -0.25) is 9.59 Å². The van der Waals surface area contributed by atoms with Crippen LogP contribution in [0, 0.1) is 0 Å². The first kappa shape index (κ1) is 13.2. The van der Waals surface area contributed by atoms with Crippen molar-refractivity contribution in [3.8, 4) is 0 Å². The first-order valence-electron chi connectivity index (χ1n) is 5.64. The highest BCUT2D eigenvalue weighted by Crippen LogP contribution is 1.99. The Labute approximate surface area is 101 Å². The Kier molecular flexibility index (Phi) is 5.20. The quantitative estimate of drug-likeness (QED) is 0.789. The highest BCUT2D eigenvalue weighted by molar-refractivity contribution is 5.83. The minimum atomic E-state index is -0.744. The predicted molar refractivity (Wildman–Crippen MR) is 64.1 cm³/mol. The molecule has 1 aromatic carbocycles. The van der Waals surface area contributed by atoms with E-state index in [2.05, 4.69) is 5.32 Å². The molecule has 0 aliphatic heterocycles. The highest BCUT2D eigenvalue weighted by atomic mass is 16.5. The van der Waals surface area contributed by atoms with Gasteiger partial charge in [0.1, 0.15) is 0 Å². The summed E-state index contributed by atoms with van der Waals surface area (Å²) >= 11 is 0. The van der Waals surface area contributed by atoms with E-state index in [1.165, 1.54) is 0 Å². The zero-order chi connectivity index (χ0) is 12.7. The number of hydrogen-bond donors (Lipinski definition) is 1. The van der Waals surface area contributed by atoms with Gasteiger partial charge in [-0.15, -0.1) is 0 Å². The molecule has 1 aromatic rings. The molecular formula is C13H17NO3. The highest BCUT2D eigenvalue weighted by Gasteiger charge is 2.15. The molecule has 1 amide bonds. The second kappa shape index (κ2) is 6.68. The van der Waals surface area contributed by atoms with Gasteiger partial charge in [-0.05, 0) is 12.5 Å². The van der Waals surface area contributed by atoms with Gasteiger partial charge in [-0.25, -0.2) is 0 Å². The zero-order valence-corrected chi connectivity index (χ0v) is 10.1. The normalized spacial score (nSPS) is 11.6. The Bertz CT molecular complexity index is 376. The summed E-state index contributed by atoms with van der Waals surface area (Å²) < 4.78 is 4.90. The molecule has 0 aromatic heterocycles. The van der Waals surface area contributed by atoms with Crippen LogP contribution in [-0.4, -0.2) is 18.0 Å². The van der Waals surface area contributed by atoms with Crippen molar-refractivity contribution < 1.29 is 14.3 Å². The Hall–Kier alpha value is -1.84. The lowest BCUT2D eigenvalue weighted by molar-refractivity contribution is -0.154. The van der Waals surface area contributed by atoms with E-state index in [1.807, 2.05) is 30.3 Å². The van der Waals surface area contributed by atoms with Crippen molar-refractivity contribution in [2.45, 2.75) is 32.9 Å². The monoisotopic (exact) mass is 235 g/mol. The lowest BCUT2D eigenvalue weighted by Crippen LogP contribution is -2.35. The molecule has 4 heteroatoms. The number of esters is 1. The first-order valence-corrected chi connectivity index (χ1v) is 5.64. The summed E-state index contributed by atoms with van der Waals surface area (Å²) in [6.07, 6.45) is -0.470. The van der Waals surface area contributed by atoms with Crippen LogP contribution in [0.4, 0.5) is 0 Å². The average Bonchev–Trinajstić information content (AvgIpc) is 2.36. The lowest BCUT2D eigenvalue weighted by Gasteiger charge is -2.12. The van der Waals surface area contributed by atoms with Gasteiger partial charge < -0.3 is 10.1 Å². The standard InChI is InChI=1S/C13H17NO3/c1-3-12(15)17-10(2)13(16)14-9-11-7-5-4-6-8-11/h4-8,10H,3,9H2,1-2H3,(H,14,16). The fourth-order valence-corrected chi connectivity index (χ4v) is 1.26. The molecule has 1 unspecified atom stereocenters. The topological polar surface area (TPSA) is 55.4 Å². The fraction of sp³-hybridized carbons (Fsp3) is 0.385. The van der Waals surface area contributed by atoms with Crippen molar-refractivity contribution >= 4 is 11.9 Å². The summed E-state index contributed by atoms with van der Waals surface area (Å²) in [7, 11) is 0. The third kappa shape index (κ3) is 4.68. The summed E-state index contributed by atoms with van der Waals surface area (Å²) in [5, 5.41) is 2.71. The Morgan fingerprint density at radius 2 is 1.94 bits per heavy atom. The van der Waals surface area contributed by atoms with E-state index in [0.717, 1.165) is 5.56 Å². The van der Waals surface area contributed by atoms with Gasteiger partial charge in [0, 0.05) is 13.0 Å². The van der Waals surface area contributed by atoms with Gasteiger partial charge in [0.15, 0.2) is 6.10 Å². The number of rotatable bonds is 5. The average molecular weight is 235 g/mol. The molecule has 0 aliphatic carbocycles. The number of nitrogens with one attached hydrogen (secondary N) is 1. The van der Waals surface area contributed by atoms with E-state index >= 15 is 0 Å². The van der Waals surface area contributed by atoms with Crippen LogP contribution < -0.4 is 5.32 Å². The van der Waals surface area contributed by atoms with Gasteiger partial charge in [-0.2, -0.15) is 0 Å². The molecule has 0 fully saturated rings. The summed E-state index contributed by atoms with van der Waals surface area (Å²) in [5.41, 5.74) is 1.01. The molecule has 17 heavy (non-hydrogen) atoms. The third-order valence-corrected chi connectivity index (χ3v) is 2.28. The van der Waals surface area contributed by atoms with Crippen LogP contribution in [-0.2, 0) is 20.9 Å². The molecule has 92 valence electrons. The molecular weight excluding hydrogens is 218 g/mol. The molecule has 0 heterocycles. The van der Waals surface area contributed by atoms with Gasteiger partial charge >= 0.3 is 5.97 Å². The van der Waals surface area contributed by atoms with Crippen molar-refractivity contribution in [2.24, 2.45) is 0 Å². The van der Waals surface area contributed by atoms with Crippen LogP contribution in [0.3, 0.4) is 0 Å². The van der Waals surface area contributed by atoms with E-state index in [-0.39, 0.29) is 18.3 Å². The third-order valence-electron chi connectivity index (χ3n) is 2.28. The van der Waals surface area contributed by atoms with Crippen LogP contribution in [0.1, 0.15) is 25.8 Å². The molecule has 0 radical (unpaired) electrons. The SMILES string of the molecule is CCC(=O)OC(C)C(=O)NCc1ccccc1. The fourth-order valence-electron chi connectivity index (χ4n) is 1.26. The maximum Gasteiger partial charge on any atom is 0.306 e. The minimum absolute atomic E-state index is 0.274. The molecule has 0 saturated heterocycles. The molecule has 1 atom stereocenters. The number of benzene rings is 1. The molecule has 0 aliphatic rings. The van der Waals surface area contributed by atoms with Crippen LogP contribution in [0.25, 0.3) is 0 Å². The summed E-state index contributed by atoms with van der Waals surface area (Å²) in [4.78, 5) is 22.6. The zero-order valence-electron chi connectivity index (χ0n) is 10.1. The van der Waals surface area contributed by atoms with E-state index < -0.39 is 6.10 Å². The van der Waals surface area contributed by atoms with E-state index in [9.17, 15) is 9.59 Å². The smallest absolute Gasteiger partial charge is 0.306 e. The molecule has 0 spiro atoms. The Balaban J connectivity index is 2.37. The van der Waals surface area contributed by atoms with Crippen molar-refractivity contribution in [2.75, 3.05) is 0 Å². The van der Waals surface area contributed by atoms with E-state index in [1.54, 1.807) is 13.8 Å². The van der Waals surface area contributed by atoms with Crippen LogP contribution in [0.5, 0.6) is 0 Å². The van der Waals surface area contributed by atoms with Crippen LogP contribution in [0.15, 0.2) is 30.3 Å². The molecule has 0 bridgehead atoms. The second-order valence-corrected chi connectivity index (χ2v) is 3.69. The molecule has 1 N–H and O–H groups in total. The van der Waals surface area contributed by atoms with Gasteiger partial charge in [-0.1, -0.05) is 37.3 Å². The largest absolute Gasteiger partial charge is 0.453 e. The number of amides is 1. The molecule has 4 nitrogen and oxygen atoms in total. The number of carbonyl (C=O) groups is 2. The van der Waals surface area contributed by atoms with E-state index in [0.29, 0.717) is 6.54 Å². The first-order chi connectivity index (χ1) is 8.13. The summed E-state index contributed by atoms with van der Waals surface area (Å²) in [6.45, 7) is 3.69. The van der Waals surface area contributed by atoms with Crippen LogP contribution in [0.2, 0.25) is 0 Å². The predicted octanol–water partition coefficient (Wildman–Crippen LogP) is 1.64.